The van der Waals surface area contributed by atoms with Crippen LogP contribution in [0.15, 0.2) is 121 Å². The Kier molecular flexibility index (Phi) is 16.2. The zero-order valence-electron chi connectivity index (χ0n) is 33.8. The first kappa shape index (κ1) is 41.2. The molecule has 0 bridgehead atoms. The van der Waals surface area contributed by atoms with Gasteiger partial charge in [-0.1, -0.05) is 97.1 Å². The highest BCUT2D eigenvalue weighted by molar-refractivity contribution is 5.36. The molecule has 0 saturated heterocycles. The fraction of sp³-hybridized carbons (Fsp3) is 0.375. The lowest BCUT2D eigenvalue weighted by molar-refractivity contribution is 0.209. The van der Waals surface area contributed by atoms with E-state index in [0.717, 1.165) is 126 Å². The van der Waals surface area contributed by atoms with E-state index in [-0.39, 0.29) is 0 Å². The van der Waals surface area contributed by atoms with E-state index in [0.29, 0.717) is 26.4 Å². The summed E-state index contributed by atoms with van der Waals surface area (Å²) in [5.74, 6) is 3.64. The van der Waals surface area contributed by atoms with Crippen molar-refractivity contribution >= 4 is 0 Å². The summed E-state index contributed by atoms with van der Waals surface area (Å²) in [5.41, 5.74) is 7.27. The van der Waals surface area contributed by atoms with Crippen LogP contribution in [-0.2, 0) is 39.3 Å². The lowest BCUT2D eigenvalue weighted by Gasteiger charge is -2.25. The normalized spacial score (nSPS) is 17.5. The summed E-state index contributed by atoms with van der Waals surface area (Å²) in [5, 5.41) is 14.4. The Morgan fingerprint density at radius 1 is 0.362 bits per heavy atom. The van der Waals surface area contributed by atoms with Gasteiger partial charge in [-0.15, -0.1) is 0 Å². The van der Waals surface area contributed by atoms with Crippen molar-refractivity contribution in [1.29, 1.82) is 0 Å². The first-order valence-electron chi connectivity index (χ1n) is 20.9. The lowest BCUT2D eigenvalue weighted by atomic mass is 10.1. The van der Waals surface area contributed by atoms with Gasteiger partial charge < -0.3 is 40.2 Å². The van der Waals surface area contributed by atoms with Gasteiger partial charge in [0.25, 0.3) is 0 Å². The molecule has 0 unspecified atom stereocenters. The Hall–Kier alpha value is -4.94. The molecule has 0 fully saturated rings. The van der Waals surface area contributed by atoms with Crippen molar-refractivity contribution < 1.29 is 18.9 Å². The van der Waals surface area contributed by atoms with E-state index in [1.54, 1.807) is 0 Å². The molecule has 4 N–H and O–H groups in total. The Balaban J connectivity index is 0.988. The Bertz CT molecular complexity index is 1820. The molecule has 2 aliphatic rings. The fourth-order valence-corrected chi connectivity index (χ4v) is 7.44. The number of hydrogen-bond acceptors (Lipinski definition) is 10. The van der Waals surface area contributed by atoms with Crippen molar-refractivity contribution in [2.45, 2.75) is 39.3 Å². The number of rotatable bonds is 4. The van der Waals surface area contributed by atoms with Gasteiger partial charge in [0.2, 0.25) is 0 Å². The monoisotopic (exact) mass is 784 g/mol. The highest BCUT2D eigenvalue weighted by Crippen LogP contribution is 2.24. The predicted molar refractivity (Wildman–Crippen MR) is 232 cm³/mol. The molecular formula is C48H60N6O4. The van der Waals surface area contributed by atoms with Gasteiger partial charge in [-0.2, -0.15) is 0 Å². The summed E-state index contributed by atoms with van der Waals surface area (Å²) >= 11 is 0. The van der Waals surface area contributed by atoms with Gasteiger partial charge in [-0.3, -0.25) is 9.80 Å². The molecule has 306 valence electrons. The molecular weight excluding hydrogens is 725 g/mol. The van der Waals surface area contributed by atoms with E-state index in [9.17, 15) is 0 Å². The maximum Gasteiger partial charge on any atom is 0.123 e. The van der Waals surface area contributed by atoms with Gasteiger partial charge in [-0.05, 0) is 35.4 Å². The van der Waals surface area contributed by atoms with Crippen molar-refractivity contribution in [3.05, 3.63) is 155 Å². The zero-order valence-corrected chi connectivity index (χ0v) is 33.8. The predicted octanol–water partition coefficient (Wildman–Crippen LogP) is 5.99. The number of para-hydroxylation sites is 4. The summed E-state index contributed by atoms with van der Waals surface area (Å²) in [4.78, 5) is 5.02. The lowest BCUT2D eigenvalue weighted by Crippen LogP contribution is -2.35. The molecule has 58 heavy (non-hydrogen) atoms. The minimum Gasteiger partial charge on any atom is -0.490 e. The van der Waals surface area contributed by atoms with Crippen molar-refractivity contribution in [2.24, 2.45) is 0 Å². The quantitative estimate of drug-likeness (QED) is 0.174. The molecule has 5 aromatic carbocycles. The summed E-state index contributed by atoms with van der Waals surface area (Å²) in [6.07, 6.45) is 0. The molecule has 2 heterocycles. The maximum atomic E-state index is 6.31. The number of fused-ring (bicyclic) bond motifs is 4. The van der Waals surface area contributed by atoms with Crippen molar-refractivity contribution in [3.8, 4) is 23.0 Å². The zero-order chi connectivity index (χ0) is 39.5. The third kappa shape index (κ3) is 13.0. The highest BCUT2D eigenvalue weighted by atomic mass is 16.5. The van der Waals surface area contributed by atoms with Crippen LogP contribution >= 0.6 is 0 Å². The van der Waals surface area contributed by atoms with Crippen LogP contribution < -0.4 is 40.2 Å². The average molecular weight is 785 g/mol. The second kappa shape index (κ2) is 22.9. The maximum absolute atomic E-state index is 6.31. The van der Waals surface area contributed by atoms with Gasteiger partial charge in [0.1, 0.15) is 49.4 Å². The van der Waals surface area contributed by atoms with Gasteiger partial charge in [0.15, 0.2) is 0 Å². The summed E-state index contributed by atoms with van der Waals surface area (Å²) in [6.45, 7) is 13.9. The van der Waals surface area contributed by atoms with Crippen LogP contribution in [0.2, 0.25) is 0 Å². The van der Waals surface area contributed by atoms with Gasteiger partial charge in [0.05, 0.1) is 0 Å². The van der Waals surface area contributed by atoms with Crippen LogP contribution in [0, 0.1) is 0 Å². The number of ether oxygens (including phenoxy) is 4. The number of benzene rings is 5. The van der Waals surface area contributed by atoms with E-state index in [2.05, 4.69) is 116 Å². The SMILES string of the molecule is c1ccc2c(c1)CNCCNCCN(Cc1ccc(CN3CCNCCNCc4ccccc4OCCOc4ccccc4C3)cc1)Cc1ccccc1OCCO2. The average Bonchev–Trinajstić information content (AvgIpc) is 3.25. The Morgan fingerprint density at radius 2 is 0.690 bits per heavy atom. The van der Waals surface area contributed by atoms with Crippen LogP contribution in [-0.4, -0.2) is 88.6 Å². The molecule has 0 spiro atoms. The fourth-order valence-electron chi connectivity index (χ4n) is 7.44. The third-order valence-electron chi connectivity index (χ3n) is 10.5. The van der Waals surface area contributed by atoms with Gasteiger partial charge in [0, 0.05) is 114 Å². The second-order valence-electron chi connectivity index (χ2n) is 14.9. The molecule has 0 aliphatic carbocycles. The largest absolute Gasteiger partial charge is 0.490 e. The molecule has 0 atom stereocenters. The molecule has 2 aliphatic heterocycles. The molecule has 0 saturated carbocycles. The molecule has 10 heteroatoms. The molecule has 10 nitrogen and oxygen atoms in total. The standard InChI is InChI=1S/C48H60N6O4/c1-5-13-45-41(9-1)33-51-23-21-49-25-27-53(37-43-11-3-7-15-47(43)57-31-29-55-45)35-39-17-19-40(20-18-39)36-54-28-26-50-22-24-52-34-42-10-2-6-14-46(42)56-30-32-58-48-16-8-4-12-44(48)38-54/h1-20,49-52H,21-38H2. The third-order valence-corrected chi connectivity index (χ3v) is 10.5. The molecule has 7 rings (SSSR count). The summed E-state index contributed by atoms with van der Waals surface area (Å²) in [6, 6.07) is 42.5. The van der Waals surface area contributed by atoms with Crippen LogP contribution in [0.5, 0.6) is 23.0 Å². The van der Waals surface area contributed by atoms with Crippen molar-refractivity contribution in [1.82, 2.24) is 31.1 Å². The van der Waals surface area contributed by atoms with E-state index >= 15 is 0 Å². The summed E-state index contributed by atoms with van der Waals surface area (Å²) in [7, 11) is 0. The van der Waals surface area contributed by atoms with Crippen LogP contribution in [0.4, 0.5) is 0 Å². The van der Waals surface area contributed by atoms with E-state index in [1.807, 2.05) is 36.4 Å². The number of nitrogens with zero attached hydrogens (tertiary/aromatic N) is 2. The van der Waals surface area contributed by atoms with Crippen LogP contribution in [0.3, 0.4) is 0 Å². The molecule has 0 amide bonds. The Labute approximate surface area is 344 Å². The second-order valence-corrected chi connectivity index (χ2v) is 14.9. The van der Waals surface area contributed by atoms with E-state index < -0.39 is 0 Å². The number of nitrogens with one attached hydrogen (secondary N) is 4. The first-order valence-corrected chi connectivity index (χ1v) is 20.9. The van der Waals surface area contributed by atoms with Gasteiger partial charge in [-0.25, -0.2) is 0 Å². The van der Waals surface area contributed by atoms with Crippen LogP contribution in [0.25, 0.3) is 0 Å². The summed E-state index contributed by atoms with van der Waals surface area (Å²) < 4.78 is 24.9. The van der Waals surface area contributed by atoms with E-state index in [4.69, 9.17) is 18.9 Å². The molecule has 0 aromatic heterocycles. The highest BCUT2D eigenvalue weighted by Gasteiger charge is 2.15. The smallest absolute Gasteiger partial charge is 0.123 e. The molecule has 0 radical (unpaired) electrons. The minimum atomic E-state index is 0.481. The molecule has 5 aromatic rings. The number of hydrogen-bond donors (Lipinski definition) is 4. The Morgan fingerprint density at radius 3 is 1.09 bits per heavy atom. The van der Waals surface area contributed by atoms with Crippen LogP contribution in [0.1, 0.15) is 33.4 Å². The van der Waals surface area contributed by atoms with Gasteiger partial charge >= 0.3 is 0 Å². The van der Waals surface area contributed by atoms with Crippen molar-refractivity contribution in [3.63, 3.8) is 0 Å². The van der Waals surface area contributed by atoms with E-state index in [1.165, 1.54) is 22.3 Å². The minimum absolute atomic E-state index is 0.481. The first-order chi connectivity index (χ1) is 28.8. The topological polar surface area (TPSA) is 91.5 Å². The van der Waals surface area contributed by atoms with Crippen molar-refractivity contribution in [2.75, 3.05) is 78.8 Å².